The van der Waals surface area contributed by atoms with Crippen LogP contribution in [0.2, 0.25) is 0 Å². The van der Waals surface area contributed by atoms with Gasteiger partial charge in [-0.2, -0.15) is 0 Å². The summed E-state index contributed by atoms with van der Waals surface area (Å²) in [5.74, 6) is 0. The molecule has 1 aromatic carbocycles. The molecule has 0 saturated heterocycles. The zero-order valence-electron chi connectivity index (χ0n) is 8.11. The van der Waals surface area contributed by atoms with Gasteiger partial charge in [0.05, 0.1) is 9.64 Å². The Hall–Kier alpha value is -0.540. The van der Waals surface area contributed by atoms with E-state index < -0.39 is 14.6 Å². The summed E-state index contributed by atoms with van der Waals surface area (Å²) in [7, 11) is -3.16. The highest BCUT2D eigenvalue weighted by Crippen LogP contribution is 2.69. The predicted octanol–water partition coefficient (Wildman–Crippen LogP) is 2.37. The summed E-state index contributed by atoms with van der Waals surface area (Å²) >= 11 is 6.09. The lowest BCUT2D eigenvalue weighted by molar-refractivity contribution is 0.0794. The van der Waals surface area contributed by atoms with Crippen molar-refractivity contribution in [2.75, 3.05) is 0 Å². The Labute approximate surface area is 94.2 Å². The van der Waals surface area contributed by atoms with Gasteiger partial charge in [-0.3, -0.25) is 0 Å². The van der Waals surface area contributed by atoms with Crippen molar-refractivity contribution in [3.63, 3.8) is 0 Å². The molecular formula is C11H11ClO2S. The smallest absolute Gasteiger partial charge is 0.184 e. The van der Waals surface area contributed by atoms with Crippen molar-refractivity contribution in [3.05, 3.63) is 30.3 Å². The average Bonchev–Trinajstić information content (AvgIpc) is 2.13. The maximum atomic E-state index is 12.3. The van der Waals surface area contributed by atoms with Crippen molar-refractivity contribution in [1.29, 1.82) is 0 Å². The van der Waals surface area contributed by atoms with E-state index in [0.717, 1.165) is 0 Å². The molecular weight excluding hydrogens is 232 g/mol. The van der Waals surface area contributed by atoms with Gasteiger partial charge in [-0.25, -0.2) is 8.42 Å². The molecule has 3 fully saturated rings. The lowest BCUT2D eigenvalue weighted by Crippen LogP contribution is -2.72. The Kier molecular flexibility index (Phi) is 1.66. The molecule has 3 saturated carbocycles. The van der Waals surface area contributed by atoms with Gasteiger partial charge in [0.1, 0.15) is 0 Å². The largest absolute Gasteiger partial charge is 0.223 e. The van der Waals surface area contributed by atoms with E-state index in [1.807, 2.05) is 6.07 Å². The molecule has 80 valence electrons. The number of halogens is 1. The molecule has 2 nitrogen and oxygen atoms in total. The average molecular weight is 243 g/mol. The highest BCUT2D eigenvalue weighted by atomic mass is 35.5. The van der Waals surface area contributed by atoms with Crippen LogP contribution in [0.4, 0.5) is 0 Å². The first-order valence-corrected chi connectivity index (χ1v) is 6.82. The van der Waals surface area contributed by atoms with Crippen molar-refractivity contribution < 1.29 is 8.42 Å². The van der Waals surface area contributed by atoms with Gasteiger partial charge in [0.15, 0.2) is 9.84 Å². The van der Waals surface area contributed by atoms with Crippen LogP contribution < -0.4 is 0 Å². The monoisotopic (exact) mass is 242 g/mol. The second kappa shape index (κ2) is 2.58. The second-order valence-electron chi connectivity index (χ2n) is 4.68. The first kappa shape index (κ1) is 9.67. The topological polar surface area (TPSA) is 34.1 Å². The van der Waals surface area contributed by atoms with Crippen molar-refractivity contribution in [2.45, 2.75) is 33.8 Å². The molecule has 0 N–H and O–H groups in total. The van der Waals surface area contributed by atoms with Crippen LogP contribution in [0, 0.1) is 0 Å². The van der Waals surface area contributed by atoms with E-state index in [9.17, 15) is 8.42 Å². The Bertz CT molecular complexity index is 487. The lowest BCUT2D eigenvalue weighted by atomic mass is 9.54. The molecule has 0 aliphatic heterocycles. The molecule has 3 aliphatic rings. The van der Waals surface area contributed by atoms with E-state index in [1.165, 1.54) is 0 Å². The van der Waals surface area contributed by atoms with E-state index in [1.54, 1.807) is 24.3 Å². The van der Waals surface area contributed by atoms with Gasteiger partial charge in [-0.05, 0) is 31.4 Å². The van der Waals surface area contributed by atoms with Crippen LogP contribution in [0.15, 0.2) is 35.2 Å². The molecule has 4 heteroatoms. The van der Waals surface area contributed by atoms with Crippen LogP contribution in [0.1, 0.15) is 19.3 Å². The summed E-state index contributed by atoms with van der Waals surface area (Å²) in [5.41, 5.74) is 0. The van der Waals surface area contributed by atoms with Crippen molar-refractivity contribution in [2.24, 2.45) is 0 Å². The minimum absolute atomic E-state index is 0.193. The minimum Gasteiger partial charge on any atom is -0.223 e. The zero-order valence-corrected chi connectivity index (χ0v) is 9.68. The van der Waals surface area contributed by atoms with Gasteiger partial charge in [-0.1, -0.05) is 18.2 Å². The normalized spacial score (nSPS) is 37.9. The highest BCUT2D eigenvalue weighted by Gasteiger charge is 2.73. The van der Waals surface area contributed by atoms with Gasteiger partial charge in [0.2, 0.25) is 0 Å². The van der Waals surface area contributed by atoms with E-state index in [0.29, 0.717) is 24.2 Å². The summed E-state index contributed by atoms with van der Waals surface area (Å²) in [6, 6.07) is 8.67. The van der Waals surface area contributed by atoms with Crippen molar-refractivity contribution in [1.82, 2.24) is 0 Å². The summed E-state index contributed by atoms with van der Waals surface area (Å²) < 4.78 is 24.0. The van der Waals surface area contributed by atoms with Gasteiger partial charge >= 0.3 is 0 Å². The molecule has 4 rings (SSSR count). The predicted molar refractivity (Wildman–Crippen MR) is 58.8 cm³/mol. The van der Waals surface area contributed by atoms with Crippen LogP contribution in [0.25, 0.3) is 0 Å². The maximum absolute atomic E-state index is 12.3. The molecule has 3 aliphatic carbocycles. The molecule has 0 aromatic heterocycles. The van der Waals surface area contributed by atoms with Crippen molar-refractivity contribution >= 4 is 21.4 Å². The quantitative estimate of drug-likeness (QED) is 0.747. The third-order valence-electron chi connectivity index (χ3n) is 3.54. The van der Waals surface area contributed by atoms with E-state index in [4.69, 9.17) is 11.6 Å². The first-order valence-electron chi connectivity index (χ1n) is 4.96. The number of hydrogen-bond acceptors (Lipinski definition) is 2. The fraction of sp³-hybridized carbons (Fsp3) is 0.455. The fourth-order valence-corrected chi connectivity index (χ4v) is 6.13. The number of hydrogen-bond donors (Lipinski definition) is 0. The van der Waals surface area contributed by atoms with Crippen molar-refractivity contribution in [3.8, 4) is 0 Å². The molecule has 0 unspecified atom stereocenters. The van der Waals surface area contributed by atoms with E-state index >= 15 is 0 Å². The molecule has 15 heavy (non-hydrogen) atoms. The maximum Gasteiger partial charge on any atom is 0.184 e. The summed E-state index contributed by atoms with van der Waals surface area (Å²) in [4.78, 5) is 0.241. The van der Waals surface area contributed by atoms with Gasteiger partial charge < -0.3 is 0 Å². The molecule has 0 spiro atoms. The SMILES string of the molecule is O=S(=O)(c1ccccc1)C12CC(Cl)(C1)C2. The molecule has 0 radical (unpaired) electrons. The summed E-state index contributed by atoms with van der Waals surface area (Å²) in [6.45, 7) is 0. The Morgan fingerprint density at radius 1 is 1.07 bits per heavy atom. The molecule has 2 bridgehead atoms. The number of sulfone groups is 1. The van der Waals surface area contributed by atoms with Crippen LogP contribution >= 0.6 is 11.6 Å². The zero-order chi connectivity index (χ0) is 10.7. The number of rotatable bonds is 2. The minimum atomic E-state index is -3.16. The second-order valence-corrected chi connectivity index (χ2v) is 7.83. The Morgan fingerprint density at radius 3 is 2.07 bits per heavy atom. The van der Waals surface area contributed by atoms with Crippen LogP contribution in [-0.4, -0.2) is 18.0 Å². The number of benzene rings is 1. The summed E-state index contributed by atoms with van der Waals surface area (Å²) in [5, 5.41) is 0. The van der Waals surface area contributed by atoms with Crippen LogP contribution in [0.3, 0.4) is 0 Å². The fourth-order valence-electron chi connectivity index (χ4n) is 2.71. The Balaban J connectivity index is 2.00. The van der Waals surface area contributed by atoms with E-state index in [2.05, 4.69) is 0 Å². The molecule has 0 atom stereocenters. The lowest BCUT2D eigenvalue weighted by Gasteiger charge is -2.65. The first-order chi connectivity index (χ1) is 6.98. The van der Waals surface area contributed by atoms with Gasteiger partial charge in [-0.15, -0.1) is 11.6 Å². The third kappa shape index (κ3) is 1.08. The van der Waals surface area contributed by atoms with Crippen LogP contribution in [0.5, 0.6) is 0 Å². The highest BCUT2D eigenvalue weighted by molar-refractivity contribution is 7.93. The molecule has 0 heterocycles. The van der Waals surface area contributed by atoms with Crippen LogP contribution in [-0.2, 0) is 9.84 Å². The van der Waals surface area contributed by atoms with Gasteiger partial charge in [0.25, 0.3) is 0 Å². The molecule has 1 aromatic rings. The summed E-state index contributed by atoms with van der Waals surface area (Å²) in [6.07, 6.45) is 1.87. The number of alkyl halides is 1. The van der Waals surface area contributed by atoms with E-state index in [-0.39, 0.29) is 4.87 Å². The Morgan fingerprint density at radius 2 is 1.60 bits per heavy atom. The van der Waals surface area contributed by atoms with Gasteiger partial charge in [0, 0.05) is 4.87 Å². The molecule has 0 amide bonds. The standard InChI is InChI=1S/C11H11ClO2S/c12-10-6-11(7-10,8-10)15(13,14)9-4-2-1-3-5-9/h1-5H,6-8H2. The third-order valence-corrected chi connectivity index (χ3v) is 6.41.